The predicted molar refractivity (Wildman–Crippen MR) is 100 cm³/mol. The van der Waals surface area contributed by atoms with Crippen molar-refractivity contribution in [2.45, 2.75) is 20.3 Å². The first-order valence-corrected chi connectivity index (χ1v) is 8.84. The molecule has 0 aliphatic rings. The van der Waals surface area contributed by atoms with Gasteiger partial charge >= 0.3 is 0 Å². The number of carbonyl (C=O) groups excluding carboxylic acids is 2. The van der Waals surface area contributed by atoms with Gasteiger partial charge in [-0.05, 0) is 60.9 Å². The third-order valence-electron chi connectivity index (χ3n) is 3.48. The minimum atomic E-state index is -0.390. The Balaban J connectivity index is 1.84. The summed E-state index contributed by atoms with van der Waals surface area (Å²) >= 11 is 3.30. The van der Waals surface area contributed by atoms with Gasteiger partial charge in [0, 0.05) is 15.6 Å². The smallest absolute Gasteiger partial charge is 0.269 e. The Morgan fingerprint density at radius 1 is 0.920 bits per heavy atom. The Bertz CT molecular complexity index is 712. The van der Waals surface area contributed by atoms with E-state index in [4.69, 9.17) is 4.74 Å². The quantitative estimate of drug-likeness (QED) is 0.716. The molecule has 0 saturated carbocycles. The molecule has 0 aliphatic carbocycles. The van der Waals surface area contributed by atoms with Gasteiger partial charge in [0.25, 0.3) is 11.8 Å². The summed E-state index contributed by atoms with van der Waals surface area (Å²) in [5.74, 6) is 0.532. The van der Waals surface area contributed by atoms with Gasteiger partial charge in [-0.15, -0.1) is 0 Å². The lowest BCUT2D eigenvalue weighted by Crippen LogP contribution is -2.41. The number of rotatable bonds is 6. The molecule has 5 nitrogen and oxygen atoms in total. The number of hydrazine groups is 1. The molecule has 2 amide bonds. The summed E-state index contributed by atoms with van der Waals surface area (Å²) in [4.78, 5) is 24.0. The summed E-state index contributed by atoms with van der Waals surface area (Å²) in [6.45, 7) is 4.92. The predicted octanol–water partition coefficient (Wildman–Crippen LogP) is 3.95. The molecule has 0 aliphatic heterocycles. The Hall–Kier alpha value is -2.34. The van der Waals surface area contributed by atoms with Crippen LogP contribution >= 0.6 is 15.9 Å². The first-order chi connectivity index (χ1) is 12.0. The Morgan fingerprint density at radius 2 is 1.40 bits per heavy atom. The van der Waals surface area contributed by atoms with E-state index in [0.717, 1.165) is 16.6 Å². The molecule has 0 aromatic heterocycles. The monoisotopic (exact) mass is 404 g/mol. The molecular formula is C19H21BrN2O3. The summed E-state index contributed by atoms with van der Waals surface area (Å²) in [7, 11) is 0. The second-order valence-corrected chi connectivity index (χ2v) is 6.89. The van der Waals surface area contributed by atoms with E-state index in [-0.39, 0.29) is 11.8 Å². The number of carbonyl (C=O) groups is 2. The van der Waals surface area contributed by atoms with Gasteiger partial charge in [-0.3, -0.25) is 20.4 Å². The number of amides is 2. The zero-order chi connectivity index (χ0) is 18.2. The molecule has 0 spiro atoms. The van der Waals surface area contributed by atoms with Crippen molar-refractivity contribution in [3.8, 4) is 5.75 Å². The summed E-state index contributed by atoms with van der Waals surface area (Å²) in [6.07, 6.45) is 0.977. The summed E-state index contributed by atoms with van der Waals surface area (Å²) in [6, 6.07) is 13.6. The normalized spacial score (nSPS) is 10.4. The Kier molecular flexibility index (Phi) is 7.01. The largest absolute Gasteiger partial charge is 0.494 e. The van der Waals surface area contributed by atoms with E-state index in [1.807, 2.05) is 0 Å². The van der Waals surface area contributed by atoms with Crippen LogP contribution in [0.5, 0.6) is 5.75 Å². The molecule has 0 saturated heterocycles. The first-order valence-electron chi connectivity index (χ1n) is 8.05. The van der Waals surface area contributed by atoms with E-state index in [0.29, 0.717) is 23.7 Å². The van der Waals surface area contributed by atoms with Crippen LogP contribution in [0.1, 0.15) is 41.0 Å². The molecule has 0 radical (unpaired) electrons. The number of halogens is 1. The SMILES string of the molecule is CC(C)CCOc1ccc(C(=O)NNC(=O)c2ccc(Br)cc2)cc1. The first kappa shape index (κ1) is 19.0. The zero-order valence-corrected chi connectivity index (χ0v) is 15.8. The van der Waals surface area contributed by atoms with E-state index in [1.165, 1.54) is 0 Å². The zero-order valence-electron chi connectivity index (χ0n) is 14.2. The number of nitrogens with one attached hydrogen (secondary N) is 2. The molecule has 2 aromatic carbocycles. The van der Waals surface area contributed by atoms with Crippen molar-refractivity contribution in [3.63, 3.8) is 0 Å². The second-order valence-electron chi connectivity index (χ2n) is 5.97. The van der Waals surface area contributed by atoms with E-state index in [9.17, 15) is 9.59 Å². The molecule has 2 N–H and O–H groups in total. The van der Waals surface area contributed by atoms with Crippen LogP contribution in [0.4, 0.5) is 0 Å². The van der Waals surface area contributed by atoms with E-state index in [2.05, 4.69) is 40.6 Å². The van der Waals surface area contributed by atoms with Gasteiger partial charge < -0.3 is 4.74 Å². The van der Waals surface area contributed by atoms with Crippen molar-refractivity contribution >= 4 is 27.7 Å². The molecule has 0 atom stereocenters. The summed E-state index contributed by atoms with van der Waals surface area (Å²) in [5.41, 5.74) is 5.68. The van der Waals surface area contributed by atoms with Gasteiger partial charge in [-0.1, -0.05) is 29.8 Å². The maximum atomic E-state index is 12.1. The fourth-order valence-corrected chi connectivity index (χ4v) is 2.24. The van der Waals surface area contributed by atoms with Gasteiger partial charge in [0.2, 0.25) is 0 Å². The number of ether oxygens (including phenoxy) is 1. The van der Waals surface area contributed by atoms with Crippen LogP contribution in [0.25, 0.3) is 0 Å². The van der Waals surface area contributed by atoms with Crippen LogP contribution in [0, 0.1) is 5.92 Å². The number of hydrogen-bond donors (Lipinski definition) is 2. The minimum absolute atomic E-state index is 0.380. The molecule has 6 heteroatoms. The third kappa shape index (κ3) is 6.23. The average molecular weight is 405 g/mol. The maximum Gasteiger partial charge on any atom is 0.269 e. The number of hydrogen-bond acceptors (Lipinski definition) is 3. The lowest BCUT2D eigenvalue weighted by Gasteiger charge is -2.10. The van der Waals surface area contributed by atoms with E-state index in [1.54, 1.807) is 48.5 Å². The Morgan fingerprint density at radius 3 is 1.88 bits per heavy atom. The lowest BCUT2D eigenvalue weighted by atomic mass is 10.1. The highest BCUT2D eigenvalue weighted by molar-refractivity contribution is 9.10. The minimum Gasteiger partial charge on any atom is -0.494 e. The topological polar surface area (TPSA) is 67.4 Å². The fraction of sp³-hybridized carbons (Fsp3) is 0.263. The molecule has 2 rings (SSSR count). The summed E-state index contributed by atoms with van der Waals surface area (Å²) < 4.78 is 6.49. The second kappa shape index (κ2) is 9.22. The summed E-state index contributed by atoms with van der Waals surface area (Å²) in [5, 5.41) is 0. The molecule has 25 heavy (non-hydrogen) atoms. The van der Waals surface area contributed by atoms with Crippen LogP contribution in [0.15, 0.2) is 53.0 Å². The van der Waals surface area contributed by atoms with Gasteiger partial charge in [-0.25, -0.2) is 0 Å². The molecule has 2 aromatic rings. The van der Waals surface area contributed by atoms with Crippen LogP contribution in [0.3, 0.4) is 0 Å². The lowest BCUT2D eigenvalue weighted by molar-refractivity contribution is 0.0846. The average Bonchev–Trinajstić information content (AvgIpc) is 2.60. The van der Waals surface area contributed by atoms with Crippen molar-refractivity contribution in [3.05, 3.63) is 64.1 Å². The highest BCUT2D eigenvalue weighted by atomic mass is 79.9. The van der Waals surface area contributed by atoms with Crippen LogP contribution < -0.4 is 15.6 Å². The molecular weight excluding hydrogens is 384 g/mol. The van der Waals surface area contributed by atoms with E-state index < -0.39 is 0 Å². The van der Waals surface area contributed by atoms with Crippen LogP contribution in [-0.4, -0.2) is 18.4 Å². The van der Waals surface area contributed by atoms with Crippen LogP contribution in [0.2, 0.25) is 0 Å². The van der Waals surface area contributed by atoms with Crippen molar-refractivity contribution in [2.24, 2.45) is 5.92 Å². The third-order valence-corrected chi connectivity index (χ3v) is 4.01. The highest BCUT2D eigenvalue weighted by Gasteiger charge is 2.09. The van der Waals surface area contributed by atoms with E-state index >= 15 is 0 Å². The van der Waals surface area contributed by atoms with Gasteiger partial charge in [0.15, 0.2) is 0 Å². The van der Waals surface area contributed by atoms with Gasteiger partial charge in [-0.2, -0.15) is 0 Å². The maximum absolute atomic E-state index is 12.1. The van der Waals surface area contributed by atoms with Gasteiger partial charge in [0.05, 0.1) is 6.61 Å². The van der Waals surface area contributed by atoms with Crippen LogP contribution in [-0.2, 0) is 0 Å². The standard InChI is InChI=1S/C19H21BrN2O3/c1-13(2)11-12-25-17-9-5-15(6-10-17)19(24)22-21-18(23)14-3-7-16(20)8-4-14/h3-10,13H,11-12H2,1-2H3,(H,21,23)(H,22,24). The van der Waals surface area contributed by atoms with Gasteiger partial charge in [0.1, 0.15) is 5.75 Å². The molecule has 0 fully saturated rings. The highest BCUT2D eigenvalue weighted by Crippen LogP contribution is 2.13. The van der Waals surface area contributed by atoms with Crippen molar-refractivity contribution in [1.82, 2.24) is 10.9 Å². The molecule has 0 heterocycles. The fourth-order valence-electron chi connectivity index (χ4n) is 1.97. The van der Waals surface area contributed by atoms with Crippen molar-refractivity contribution in [2.75, 3.05) is 6.61 Å². The number of benzene rings is 2. The molecule has 132 valence electrons. The molecule has 0 bridgehead atoms. The van der Waals surface area contributed by atoms with Crippen molar-refractivity contribution in [1.29, 1.82) is 0 Å². The molecule has 0 unspecified atom stereocenters. The van der Waals surface area contributed by atoms with Crippen molar-refractivity contribution < 1.29 is 14.3 Å². The Labute approximate surface area is 155 Å².